The molecule has 0 bridgehead atoms. The molecule has 2 N–H and O–H groups in total. The topological polar surface area (TPSA) is 52.3 Å². The van der Waals surface area contributed by atoms with Crippen LogP contribution in [-0.4, -0.2) is 13.1 Å². The van der Waals surface area contributed by atoms with E-state index in [9.17, 15) is 4.79 Å². The summed E-state index contributed by atoms with van der Waals surface area (Å²) < 4.78 is 4.76. The lowest BCUT2D eigenvalue weighted by atomic mass is 10.2. The van der Waals surface area contributed by atoms with Crippen LogP contribution in [0.4, 0.5) is 5.69 Å². The maximum absolute atomic E-state index is 11.7. The van der Waals surface area contributed by atoms with E-state index in [0.29, 0.717) is 16.3 Å². The summed E-state index contributed by atoms with van der Waals surface area (Å²) in [6, 6.07) is 12.5. The molecule has 0 aliphatic heterocycles. The second-order valence-electron chi connectivity index (χ2n) is 3.77. The van der Waals surface area contributed by atoms with Gasteiger partial charge in [-0.05, 0) is 30.3 Å². The zero-order valence-corrected chi connectivity index (χ0v) is 11.8. The molecule has 5 heteroatoms. The van der Waals surface area contributed by atoms with Crippen LogP contribution in [-0.2, 0) is 4.74 Å². The fourth-order valence-electron chi connectivity index (χ4n) is 1.56. The smallest absolute Gasteiger partial charge is 0.339 e. The van der Waals surface area contributed by atoms with Gasteiger partial charge in [-0.15, -0.1) is 0 Å². The number of rotatable bonds is 3. The van der Waals surface area contributed by atoms with Crippen LogP contribution in [0.15, 0.2) is 52.3 Å². The number of hydrogen-bond acceptors (Lipinski definition) is 4. The Morgan fingerprint density at radius 2 is 1.95 bits per heavy atom. The largest absolute Gasteiger partial charge is 0.465 e. The first kappa shape index (κ1) is 13.8. The van der Waals surface area contributed by atoms with Crippen molar-refractivity contribution in [3.63, 3.8) is 0 Å². The van der Waals surface area contributed by atoms with Crippen LogP contribution in [0, 0.1) is 0 Å². The van der Waals surface area contributed by atoms with Gasteiger partial charge in [-0.25, -0.2) is 4.79 Å². The van der Waals surface area contributed by atoms with Crippen LogP contribution < -0.4 is 5.73 Å². The van der Waals surface area contributed by atoms with Gasteiger partial charge in [0, 0.05) is 20.5 Å². The van der Waals surface area contributed by atoms with Crippen molar-refractivity contribution in [1.29, 1.82) is 0 Å². The number of halogens is 1. The van der Waals surface area contributed by atoms with Gasteiger partial charge in [0.15, 0.2) is 0 Å². The van der Waals surface area contributed by atoms with E-state index >= 15 is 0 Å². The predicted octanol–water partition coefficient (Wildman–Crippen LogP) is 3.86. The third-order valence-corrected chi connectivity index (χ3v) is 3.89. The first-order chi connectivity index (χ1) is 9.11. The molecule has 2 rings (SSSR count). The number of ether oxygens (including phenoxy) is 1. The van der Waals surface area contributed by atoms with Gasteiger partial charge in [-0.2, -0.15) is 0 Å². The lowest BCUT2D eigenvalue weighted by molar-refractivity contribution is 0.0597. The van der Waals surface area contributed by atoms with Gasteiger partial charge in [0.25, 0.3) is 0 Å². The molecule has 0 unspecified atom stereocenters. The minimum absolute atomic E-state index is 0.365. The second kappa shape index (κ2) is 5.99. The molecule has 0 amide bonds. The van der Waals surface area contributed by atoms with Gasteiger partial charge in [0.2, 0.25) is 0 Å². The number of carbonyl (C=O) groups is 1. The maximum Gasteiger partial charge on any atom is 0.339 e. The molecule has 98 valence electrons. The lowest BCUT2D eigenvalue weighted by Gasteiger charge is -2.09. The van der Waals surface area contributed by atoms with Gasteiger partial charge in [-0.1, -0.05) is 35.5 Å². The Kier molecular flexibility index (Phi) is 4.35. The summed E-state index contributed by atoms with van der Waals surface area (Å²) in [6.07, 6.45) is 0. The number of nitrogen functional groups attached to an aromatic ring is 1. The highest BCUT2D eigenvalue weighted by molar-refractivity contribution is 7.99. The first-order valence-corrected chi connectivity index (χ1v) is 6.71. The Balaban J connectivity index is 2.35. The number of hydrogen-bond donors (Lipinski definition) is 1. The van der Waals surface area contributed by atoms with Crippen LogP contribution in [0.5, 0.6) is 0 Å². The molecule has 0 aliphatic rings. The Morgan fingerprint density at radius 3 is 2.63 bits per heavy atom. The Morgan fingerprint density at radius 1 is 1.21 bits per heavy atom. The van der Waals surface area contributed by atoms with Crippen LogP contribution in [0.2, 0.25) is 5.02 Å². The van der Waals surface area contributed by atoms with E-state index in [2.05, 4.69) is 0 Å². The van der Waals surface area contributed by atoms with Gasteiger partial charge >= 0.3 is 5.97 Å². The Hall–Kier alpha value is -1.65. The Labute approximate surface area is 120 Å². The first-order valence-electron chi connectivity index (χ1n) is 5.52. The zero-order chi connectivity index (χ0) is 13.8. The van der Waals surface area contributed by atoms with Crippen molar-refractivity contribution in [3.05, 3.63) is 53.1 Å². The predicted molar refractivity (Wildman–Crippen MR) is 77.8 cm³/mol. The summed E-state index contributed by atoms with van der Waals surface area (Å²) in [5.74, 6) is -0.365. The molecule has 0 saturated carbocycles. The van der Waals surface area contributed by atoms with Crippen molar-refractivity contribution in [3.8, 4) is 0 Å². The van der Waals surface area contributed by atoms with Gasteiger partial charge in [0.05, 0.1) is 12.7 Å². The summed E-state index contributed by atoms with van der Waals surface area (Å²) in [5.41, 5.74) is 7.01. The van der Waals surface area contributed by atoms with E-state index in [1.807, 2.05) is 18.2 Å². The number of anilines is 1. The molecule has 0 fully saturated rings. The summed E-state index contributed by atoms with van der Waals surface area (Å²) in [7, 11) is 1.36. The van der Waals surface area contributed by atoms with Crippen LogP contribution >= 0.6 is 23.4 Å². The number of nitrogens with two attached hydrogens (primary N) is 1. The highest BCUT2D eigenvalue weighted by Gasteiger charge is 2.13. The van der Waals surface area contributed by atoms with E-state index in [0.717, 1.165) is 9.79 Å². The zero-order valence-electron chi connectivity index (χ0n) is 10.2. The van der Waals surface area contributed by atoms with Crippen molar-refractivity contribution in [1.82, 2.24) is 0 Å². The second-order valence-corrected chi connectivity index (χ2v) is 5.29. The third kappa shape index (κ3) is 3.22. The quantitative estimate of drug-likeness (QED) is 0.689. The monoisotopic (exact) mass is 293 g/mol. The van der Waals surface area contributed by atoms with E-state index in [1.54, 1.807) is 24.3 Å². The van der Waals surface area contributed by atoms with E-state index in [4.69, 9.17) is 22.1 Å². The molecule has 19 heavy (non-hydrogen) atoms. The molecule has 0 aliphatic carbocycles. The number of benzene rings is 2. The summed E-state index contributed by atoms with van der Waals surface area (Å²) in [5, 5.41) is 0.586. The molecule has 0 spiro atoms. The third-order valence-electron chi connectivity index (χ3n) is 2.48. The van der Waals surface area contributed by atoms with Crippen molar-refractivity contribution < 1.29 is 9.53 Å². The van der Waals surface area contributed by atoms with Crippen molar-refractivity contribution in [2.75, 3.05) is 12.8 Å². The van der Waals surface area contributed by atoms with Crippen molar-refractivity contribution in [2.24, 2.45) is 0 Å². The van der Waals surface area contributed by atoms with Gasteiger partial charge in [0.1, 0.15) is 0 Å². The van der Waals surface area contributed by atoms with Crippen LogP contribution in [0.1, 0.15) is 10.4 Å². The lowest BCUT2D eigenvalue weighted by Crippen LogP contribution is -2.02. The highest BCUT2D eigenvalue weighted by Crippen LogP contribution is 2.35. The average molecular weight is 294 g/mol. The van der Waals surface area contributed by atoms with E-state index in [1.165, 1.54) is 18.9 Å². The molecular weight excluding hydrogens is 282 g/mol. The van der Waals surface area contributed by atoms with Crippen molar-refractivity contribution in [2.45, 2.75) is 9.79 Å². The van der Waals surface area contributed by atoms with Crippen molar-refractivity contribution >= 4 is 35.0 Å². The van der Waals surface area contributed by atoms with E-state index < -0.39 is 0 Å². The fraction of sp³-hybridized carbons (Fsp3) is 0.0714. The van der Waals surface area contributed by atoms with Gasteiger partial charge in [-0.3, -0.25) is 0 Å². The minimum atomic E-state index is -0.365. The number of esters is 1. The molecule has 0 saturated heterocycles. The van der Waals surface area contributed by atoms with E-state index in [-0.39, 0.29) is 5.97 Å². The summed E-state index contributed by atoms with van der Waals surface area (Å²) in [6.45, 7) is 0. The molecule has 0 aromatic heterocycles. The standard InChI is InChI=1S/C14H12ClNO2S/c1-18-14(17)10-4-2-3-5-12(10)19-13-7-6-9(15)8-11(13)16/h2-8H,16H2,1H3. The molecule has 0 atom stereocenters. The molecule has 0 heterocycles. The fourth-order valence-corrected chi connectivity index (χ4v) is 2.70. The number of methoxy groups -OCH3 is 1. The molecule has 2 aromatic rings. The molecular formula is C14H12ClNO2S. The van der Waals surface area contributed by atoms with Crippen LogP contribution in [0.25, 0.3) is 0 Å². The summed E-state index contributed by atoms with van der Waals surface area (Å²) >= 11 is 7.27. The highest BCUT2D eigenvalue weighted by atomic mass is 35.5. The SMILES string of the molecule is COC(=O)c1ccccc1Sc1ccc(Cl)cc1N. The maximum atomic E-state index is 11.7. The molecule has 2 aromatic carbocycles. The number of carbonyl (C=O) groups excluding carboxylic acids is 1. The normalized spacial score (nSPS) is 10.2. The minimum Gasteiger partial charge on any atom is -0.465 e. The molecule has 3 nitrogen and oxygen atoms in total. The average Bonchev–Trinajstić information content (AvgIpc) is 2.41. The van der Waals surface area contributed by atoms with Crippen LogP contribution in [0.3, 0.4) is 0 Å². The Bertz CT molecular complexity index is 616. The van der Waals surface area contributed by atoms with Gasteiger partial charge < -0.3 is 10.5 Å². The summed E-state index contributed by atoms with van der Waals surface area (Å²) in [4.78, 5) is 13.3. The molecule has 0 radical (unpaired) electrons.